The van der Waals surface area contributed by atoms with E-state index in [0.29, 0.717) is 0 Å². The Balaban J connectivity index is 2.56. The molecule has 1 fully saturated rings. The third kappa shape index (κ3) is 1.96. The quantitative estimate of drug-likeness (QED) is 0.514. The summed E-state index contributed by atoms with van der Waals surface area (Å²) in [5, 5.41) is 2.39. The van der Waals surface area contributed by atoms with Crippen LogP contribution in [0.25, 0.3) is 0 Å². The minimum atomic E-state index is 0.266. The second kappa shape index (κ2) is 2.21. The lowest BCUT2D eigenvalue weighted by Gasteiger charge is -2.38. The van der Waals surface area contributed by atoms with Gasteiger partial charge in [0.2, 0.25) is 0 Å². The summed E-state index contributed by atoms with van der Waals surface area (Å²) in [6.07, 6.45) is 0. The van der Waals surface area contributed by atoms with Crippen LogP contribution in [0.2, 0.25) is 0 Å². The first-order valence-electron chi connectivity index (χ1n) is 3.86. The fourth-order valence-electron chi connectivity index (χ4n) is 1.72. The third-order valence-electron chi connectivity index (χ3n) is 1.73. The van der Waals surface area contributed by atoms with Crippen LogP contribution in [0, 0.1) is 0 Å². The number of quaternary nitrogens is 1. The maximum absolute atomic E-state index is 5.47. The van der Waals surface area contributed by atoms with Crippen molar-refractivity contribution in [1.29, 1.82) is 0 Å². The van der Waals surface area contributed by atoms with Crippen molar-refractivity contribution in [3.8, 4) is 0 Å². The monoisotopic (exact) mass is 144 g/mol. The Bertz CT molecular complexity index is 115. The summed E-state index contributed by atoms with van der Waals surface area (Å²) in [5.74, 6) is 0. The average Bonchev–Trinajstić information content (AvgIpc) is 1.56. The molecule has 0 aromatic rings. The number of ether oxygens (including phenoxy) is 1. The van der Waals surface area contributed by atoms with E-state index in [9.17, 15) is 0 Å². The van der Waals surface area contributed by atoms with Crippen molar-refractivity contribution >= 4 is 0 Å². The van der Waals surface area contributed by atoms with Crippen LogP contribution in [0.15, 0.2) is 0 Å². The highest BCUT2D eigenvalue weighted by Gasteiger charge is 2.36. The van der Waals surface area contributed by atoms with Crippen molar-refractivity contribution < 1.29 is 10.1 Å². The highest BCUT2D eigenvalue weighted by atomic mass is 16.5. The summed E-state index contributed by atoms with van der Waals surface area (Å²) in [6.45, 7) is 10.6. The Morgan fingerprint density at radius 3 is 1.60 bits per heavy atom. The maximum Gasteiger partial charge on any atom is 0.114 e. The minimum absolute atomic E-state index is 0.266. The average molecular weight is 144 g/mol. The zero-order valence-electron chi connectivity index (χ0n) is 7.40. The van der Waals surface area contributed by atoms with Crippen molar-refractivity contribution in [1.82, 2.24) is 0 Å². The first kappa shape index (κ1) is 8.02. The molecule has 2 N–H and O–H groups in total. The Morgan fingerprint density at radius 2 is 1.40 bits per heavy atom. The van der Waals surface area contributed by atoms with Crippen molar-refractivity contribution in [3.05, 3.63) is 0 Å². The summed E-state index contributed by atoms with van der Waals surface area (Å²) < 4.78 is 5.47. The molecular formula is C8H18NO+. The lowest BCUT2D eigenvalue weighted by Crippen LogP contribution is -3.07. The van der Waals surface area contributed by atoms with Gasteiger partial charge in [0.25, 0.3) is 0 Å². The third-order valence-corrected chi connectivity index (χ3v) is 1.73. The Kier molecular flexibility index (Phi) is 1.77. The molecule has 1 rings (SSSR count). The second-order valence-corrected chi connectivity index (χ2v) is 4.61. The summed E-state index contributed by atoms with van der Waals surface area (Å²) in [7, 11) is 0. The molecule has 10 heavy (non-hydrogen) atoms. The van der Waals surface area contributed by atoms with Crippen LogP contribution in [0.5, 0.6) is 0 Å². The van der Waals surface area contributed by atoms with Crippen molar-refractivity contribution in [2.45, 2.75) is 38.8 Å². The first-order valence-corrected chi connectivity index (χ1v) is 3.86. The summed E-state index contributed by atoms with van der Waals surface area (Å²) >= 11 is 0. The first-order chi connectivity index (χ1) is 4.41. The van der Waals surface area contributed by atoms with E-state index in [-0.39, 0.29) is 11.1 Å². The molecule has 0 amide bonds. The fourth-order valence-corrected chi connectivity index (χ4v) is 1.72. The number of rotatable bonds is 0. The maximum atomic E-state index is 5.47. The van der Waals surface area contributed by atoms with Crippen molar-refractivity contribution in [2.24, 2.45) is 0 Å². The lowest BCUT2D eigenvalue weighted by atomic mass is 9.96. The molecule has 0 atom stereocenters. The summed E-state index contributed by atoms with van der Waals surface area (Å²) in [4.78, 5) is 0. The largest absolute Gasteiger partial charge is 0.369 e. The van der Waals surface area contributed by atoms with Crippen LogP contribution in [-0.2, 0) is 4.74 Å². The normalized spacial score (nSPS) is 30.0. The van der Waals surface area contributed by atoms with E-state index in [0.717, 1.165) is 13.2 Å². The van der Waals surface area contributed by atoms with E-state index in [1.54, 1.807) is 0 Å². The molecule has 2 nitrogen and oxygen atoms in total. The summed E-state index contributed by atoms with van der Waals surface area (Å²) in [6, 6.07) is 0. The van der Waals surface area contributed by atoms with Gasteiger partial charge in [-0.1, -0.05) is 0 Å². The van der Waals surface area contributed by atoms with E-state index in [2.05, 4.69) is 33.0 Å². The van der Waals surface area contributed by atoms with E-state index in [4.69, 9.17) is 4.74 Å². The molecule has 1 saturated heterocycles. The predicted octanol–water partition coefficient (Wildman–Crippen LogP) is 0.137. The van der Waals surface area contributed by atoms with Gasteiger partial charge in [0.1, 0.15) is 24.3 Å². The highest BCUT2D eigenvalue weighted by molar-refractivity contribution is 4.75. The van der Waals surface area contributed by atoms with E-state index < -0.39 is 0 Å². The van der Waals surface area contributed by atoms with Gasteiger partial charge in [-0.2, -0.15) is 0 Å². The van der Waals surface area contributed by atoms with Crippen LogP contribution in [0.4, 0.5) is 0 Å². The lowest BCUT2D eigenvalue weighted by molar-refractivity contribution is -0.794. The zero-order valence-corrected chi connectivity index (χ0v) is 7.40. The van der Waals surface area contributed by atoms with Crippen molar-refractivity contribution in [2.75, 3.05) is 13.2 Å². The Morgan fingerprint density at radius 1 is 1.00 bits per heavy atom. The highest BCUT2D eigenvalue weighted by Crippen LogP contribution is 2.08. The molecule has 60 valence electrons. The molecule has 0 saturated carbocycles. The van der Waals surface area contributed by atoms with Gasteiger partial charge in [0.05, 0.1) is 0 Å². The van der Waals surface area contributed by atoms with Gasteiger partial charge < -0.3 is 10.1 Å². The molecular weight excluding hydrogens is 126 g/mol. The van der Waals surface area contributed by atoms with Crippen molar-refractivity contribution in [3.63, 3.8) is 0 Å². The van der Waals surface area contributed by atoms with Gasteiger partial charge >= 0.3 is 0 Å². The predicted molar refractivity (Wildman–Crippen MR) is 40.9 cm³/mol. The van der Waals surface area contributed by atoms with Gasteiger partial charge in [-0.3, -0.25) is 0 Å². The fraction of sp³-hybridized carbons (Fsp3) is 1.00. The van der Waals surface area contributed by atoms with Crippen LogP contribution >= 0.6 is 0 Å². The number of morpholine rings is 1. The van der Waals surface area contributed by atoms with Gasteiger partial charge in [-0.25, -0.2) is 0 Å². The number of hydrogen-bond donors (Lipinski definition) is 1. The second-order valence-electron chi connectivity index (χ2n) is 4.61. The number of hydrogen-bond acceptors (Lipinski definition) is 1. The zero-order chi connectivity index (χ0) is 7.83. The molecule has 0 radical (unpaired) electrons. The molecule has 0 aromatic heterocycles. The molecule has 0 bridgehead atoms. The van der Waals surface area contributed by atoms with Crippen LogP contribution in [0.1, 0.15) is 27.7 Å². The molecule has 1 heterocycles. The molecule has 0 unspecified atom stereocenters. The molecule has 0 aromatic carbocycles. The van der Waals surface area contributed by atoms with Gasteiger partial charge in [0, 0.05) is 0 Å². The molecule has 0 aliphatic carbocycles. The summed E-state index contributed by atoms with van der Waals surface area (Å²) in [5.41, 5.74) is 0.531. The Labute approximate surface area is 63.0 Å². The van der Waals surface area contributed by atoms with E-state index in [1.807, 2.05) is 0 Å². The topological polar surface area (TPSA) is 25.8 Å². The van der Waals surface area contributed by atoms with Gasteiger partial charge in [-0.05, 0) is 27.7 Å². The molecule has 1 aliphatic heterocycles. The molecule has 0 spiro atoms. The Hall–Kier alpha value is -0.0800. The molecule has 2 heteroatoms. The van der Waals surface area contributed by atoms with Crippen LogP contribution in [0.3, 0.4) is 0 Å². The number of nitrogens with two attached hydrogens (primary N) is 1. The van der Waals surface area contributed by atoms with E-state index >= 15 is 0 Å². The molecule has 1 aliphatic rings. The van der Waals surface area contributed by atoms with Crippen LogP contribution < -0.4 is 5.32 Å². The van der Waals surface area contributed by atoms with Crippen LogP contribution in [-0.4, -0.2) is 24.3 Å². The SMILES string of the molecule is CC1(C)COCC(C)(C)[NH2+]1. The standard InChI is InChI=1S/C8H17NO/c1-7(2)5-10-6-8(3,4)9-7/h9H,5-6H2,1-4H3/p+1. The van der Waals surface area contributed by atoms with E-state index in [1.165, 1.54) is 0 Å². The van der Waals surface area contributed by atoms with Gasteiger partial charge in [0.15, 0.2) is 0 Å². The smallest absolute Gasteiger partial charge is 0.114 e. The minimum Gasteiger partial charge on any atom is -0.369 e. The van der Waals surface area contributed by atoms with Gasteiger partial charge in [-0.15, -0.1) is 0 Å².